The number of hydrogen-bond acceptors (Lipinski definition) is 2. The van der Waals surface area contributed by atoms with Crippen LogP contribution >= 0.6 is 0 Å². The van der Waals surface area contributed by atoms with E-state index >= 15 is 0 Å². The molecule has 0 saturated heterocycles. The highest BCUT2D eigenvalue weighted by Gasteiger charge is 2.39. The van der Waals surface area contributed by atoms with Crippen molar-refractivity contribution in [2.45, 2.75) is 18.8 Å². The smallest absolute Gasteiger partial charge is 0.307 e. The lowest BCUT2D eigenvalue weighted by Crippen LogP contribution is -2.32. The van der Waals surface area contributed by atoms with E-state index in [-0.39, 0.29) is 11.8 Å². The third-order valence-corrected chi connectivity index (χ3v) is 3.64. The van der Waals surface area contributed by atoms with Crippen LogP contribution in [0.15, 0.2) is 42.6 Å². The van der Waals surface area contributed by atoms with Crippen molar-refractivity contribution in [2.24, 2.45) is 5.92 Å². The van der Waals surface area contributed by atoms with Gasteiger partial charge in [0.15, 0.2) is 0 Å². The molecule has 2 atom stereocenters. The first-order valence-corrected chi connectivity index (χ1v) is 6.09. The predicted octanol–water partition coefficient (Wildman–Crippen LogP) is 2.45. The minimum Gasteiger partial charge on any atom is -0.481 e. The molecule has 1 aliphatic carbocycles. The lowest BCUT2D eigenvalue weighted by atomic mass is 9.72. The summed E-state index contributed by atoms with van der Waals surface area (Å²) in [6.07, 6.45) is 3.43. The van der Waals surface area contributed by atoms with Gasteiger partial charge in [0, 0.05) is 17.8 Å². The summed E-state index contributed by atoms with van der Waals surface area (Å²) in [7, 11) is 0. The van der Waals surface area contributed by atoms with Crippen LogP contribution < -0.4 is 0 Å². The number of aromatic nitrogens is 2. The summed E-state index contributed by atoms with van der Waals surface area (Å²) in [6, 6.07) is 11.7. The fourth-order valence-electron chi connectivity index (χ4n) is 2.53. The Kier molecular flexibility index (Phi) is 2.63. The molecule has 0 amide bonds. The summed E-state index contributed by atoms with van der Waals surface area (Å²) in [5.74, 6) is -0.874. The van der Waals surface area contributed by atoms with Crippen molar-refractivity contribution in [3.05, 3.63) is 48.3 Å². The molecule has 2 unspecified atom stereocenters. The number of carbonyl (C=O) groups is 1. The van der Waals surface area contributed by atoms with Crippen molar-refractivity contribution < 1.29 is 9.90 Å². The highest BCUT2D eigenvalue weighted by Crippen LogP contribution is 2.42. The number of carboxylic acid groups (broad SMARTS) is 1. The number of para-hydroxylation sites is 1. The zero-order valence-corrected chi connectivity index (χ0v) is 9.86. The molecule has 1 heterocycles. The second-order valence-electron chi connectivity index (χ2n) is 4.63. The molecule has 3 rings (SSSR count). The van der Waals surface area contributed by atoms with Gasteiger partial charge in [-0.3, -0.25) is 4.79 Å². The molecule has 1 saturated carbocycles. The molecular weight excluding hydrogens is 228 g/mol. The minimum atomic E-state index is -0.702. The lowest BCUT2D eigenvalue weighted by Gasteiger charge is -2.33. The Morgan fingerprint density at radius 2 is 2.00 bits per heavy atom. The summed E-state index contributed by atoms with van der Waals surface area (Å²) < 4.78 is 1.85. The van der Waals surface area contributed by atoms with Crippen molar-refractivity contribution >= 4 is 5.97 Å². The van der Waals surface area contributed by atoms with Crippen LogP contribution in [0.4, 0.5) is 0 Å². The molecular formula is C14H14N2O2. The average molecular weight is 242 g/mol. The number of rotatable bonds is 3. The van der Waals surface area contributed by atoms with Crippen molar-refractivity contribution in [1.29, 1.82) is 0 Å². The molecule has 4 heteroatoms. The molecule has 4 nitrogen and oxygen atoms in total. The molecule has 1 N–H and O–H groups in total. The van der Waals surface area contributed by atoms with Gasteiger partial charge in [-0.1, -0.05) is 18.2 Å². The maximum atomic E-state index is 11.1. The molecule has 0 bridgehead atoms. The summed E-state index contributed by atoms with van der Waals surface area (Å²) in [5.41, 5.74) is 1.98. The molecule has 92 valence electrons. The number of benzene rings is 1. The van der Waals surface area contributed by atoms with Gasteiger partial charge in [0.1, 0.15) is 0 Å². The molecule has 1 aliphatic rings. The van der Waals surface area contributed by atoms with Gasteiger partial charge < -0.3 is 5.11 Å². The Morgan fingerprint density at radius 3 is 2.61 bits per heavy atom. The summed E-state index contributed by atoms with van der Waals surface area (Å²) in [6.45, 7) is 0. The molecule has 1 aromatic carbocycles. The number of nitrogens with zero attached hydrogens (tertiary/aromatic N) is 2. The molecule has 18 heavy (non-hydrogen) atoms. The monoisotopic (exact) mass is 242 g/mol. The third kappa shape index (κ3) is 1.70. The van der Waals surface area contributed by atoms with Crippen LogP contribution in [0.1, 0.15) is 24.5 Å². The van der Waals surface area contributed by atoms with Gasteiger partial charge in [-0.05, 0) is 31.0 Å². The third-order valence-electron chi connectivity index (χ3n) is 3.64. The first-order chi connectivity index (χ1) is 8.77. The van der Waals surface area contributed by atoms with Crippen LogP contribution in [0, 0.1) is 5.92 Å². The highest BCUT2D eigenvalue weighted by molar-refractivity contribution is 5.72. The van der Waals surface area contributed by atoms with Gasteiger partial charge in [0.25, 0.3) is 0 Å². The van der Waals surface area contributed by atoms with Crippen LogP contribution in [0.3, 0.4) is 0 Å². The largest absolute Gasteiger partial charge is 0.481 e. The van der Waals surface area contributed by atoms with Gasteiger partial charge >= 0.3 is 5.97 Å². The van der Waals surface area contributed by atoms with Crippen LogP contribution in [-0.2, 0) is 4.79 Å². The van der Waals surface area contributed by atoms with E-state index in [0.29, 0.717) is 0 Å². The summed E-state index contributed by atoms with van der Waals surface area (Å²) in [5, 5.41) is 13.4. The fourth-order valence-corrected chi connectivity index (χ4v) is 2.53. The Labute approximate surface area is 105 Å². The van der Waals surface area contributed by atoms with E-state index in [1.807, 2.05) is 41.1 Å². The first-order valence-electron chi connectivity index (χ1n) is 6.09. The maximum absolute atomic E-state index is 11.1. The van der Waals surface area contributed by atoms with Crippen LogP contribution in [0.25, 0.3) is 5.69 Å². The molecule has 0 radical (unpaired) electrons. The molecule has 1 aromatic heterocycles. The number of hydrogen-bond donors (Lipinski definition) is 1. The Hall–Kier alpha value is -2.10. The van der Waals surface area contributed by atoms with Crippen LogP contribution in [0.2, 0.25) is 0 Å². The molecule has 0 aliphatic heterocycles. The summed E-state index contributed by atoms with van der Waals surface area (Å²) >= 11 is 0. The molecule has 1 fully saturated rings. The Bertz CT molecular complexity index is 562. The van der Waals surface area contributed by atoms with Crippen molar-refractivity contribution in [3.63, 3.8) is 0 Å². The van der Waals surface area contributed by atoms with Gasteiger partial charge in [-0.2, -0.15) is 5.10 Å². The Balaban J connectivity index is 1.95. The van der Waals surface area contributed by atoms with E-state index in [1.165, 1.54) is 0 Å². The van der Waals surface area contributed by atoms with E-state index < -0.39 is 5.97 Å². The van der Waals surface area contributed by atoms with Crippen LogP contribution in [0.5, 0.6) is 0 Å². The quantitative estimate of drug-likeness (QED) is 0.899. The van der Waals surface area contributed by atoms with Crippen LogP contribution in [-0.4, -0.2) is 20.9 Å². The van der Waals surface area contributed by atoms with Gasteiger partial charge in [0.05, 0.1) is 11.6 Å². The molecule has 0 spiro atoms. The van der Waals surface area contributed by atoms with Gasteiger partial charge in [0.2, 0.25) is 0 Å². The lowest BCUT2D eigenvalue weighted by molar-refractivity contribution is -0.145. The SMILES string of the molecule is O=C(O)C1CCC1c1ccnn1-c1ccccc1. The maximum Gasteiger partial charge on any atom is 0.307 e. The average Bonchev–Trinajstić information content (AvgIpc) is 2.77. The zero-order chi connectivity index (χ0) is 12.5. The van der Waals surface area contributed by atoms with E-state index in [2.05, 4.69) is 5.10 Å². The van der Waals surface area contributed by atoms with Gasteiger partial charge in [-0.15, -0.1) is 0 Å². The Morgan fingerprint density at radius 1 is 1.22 bits per heavy atom. The van der Waals surface area contributed by atoms with E-state index in [4.69, 9.17) is 5.11 Å². The number of carboxylic acids is 1. The highest BCUT2D eigenvalue weighted by atomic mass is 16.4. The molecule has 2 aromatic rings. The normalized spacial score (nSPS) is 22.4. The minimum absolute atomic E-state index is 0.0882. The second-order valence-corrected chi connectivity index (χ2v) is 4.63. The first kappa shape index (κ1) is 11.0. The van der Waals surface area contributed by atoms with Gasteiger partial charge in [-0.25, -0.2) is 4.68 Å². The number of aliphatic carboxylic acids is 1. The van der Waals surface area contributed by atoms with Crippen molar-refractivity contribution in [1.82, 2.24) is 9.78 Å². The van der Waals surface area contributed by atoms with E-state index in [9.17, 15) is 4.79 Å². The fraction of sp³-hybridized carbons (Fsp3) is 0.286. The van der Waals surface area contributed by atoms with E-state index in [0.717, 1.165) is 24.2 Å². The van der Waals surface area contributed by atoms with Crippen molar-refractivity contribution in [3.8, 4) is 5.69 Å². The van der Waals surface area contributed by atoms with Crippen molar-refractivity contribution in [2.75, 3.05) is 0 Å². The predicted molar refractivity (Wildman–Crippen MR) is 66.7 cm³/mol. The summed E-state index contributed by atoms with van der Waals surface area (Å²) in [4.78, 5) is 11.1. The standard InChI is InChI=1S/C14H14N2O2/c17-14(18)12-7-6-11(12)13-8-9-15-16(13)10-4-2-1-3-5-10/h1-5,8-9,11-12H,6-7H2,(H,17,18). The van der Waals surface area contributed by atoms with E-state index in [1.54, 1.807) is 6.20 Å². The topological polar surface area (TPSA) is 55.1 Å². The zero-order valence-electron chi connectivity index (χ0n) is 9.86. The second kappa shape index (κ2) is 4.29.